The number of aromatic nitrogens is 2. The average Bonchev–Trinajstić information content (AvgIpc) is 3.44. The van der Waals surface area contributed by atoms with Gasteiger partial charge in [0.15, 0.2) is 5.82 Å². The first-order chi connectivity index (χ1) is 22.5. The van der Waals surface area contributed by atoms with Gasteiger partial charge < -0.3 is 10.2 Å². The van der Waals surface area contributed by atoms with E-state index < -0.39 is 5.54 Å². The predicted octanol–water partition coefficient (Wildman–Crippen LogP) is 9.13. The van der Waals surface area contributed by atoms with Gasteiger partial charge in [-0.25, -0.2) is 4.68 Å². The molecule has 0 saturated carbocycles. The van der Waals surface area contributed by atoms with Gasteiger partial charge in [-0.05, 0) is 73.0 Å². The number of fused-ring (bicyclic) bond motifs is 1. The van der Waals surface area contributed by atoms with Crippen LogP contribution in [0.3, 0.4) is 0 Å². The maximum atomic E-state index is 13.9. The number of carbonyl (C=O) groups excluding carboxylic acids is 1. The van der Waals surface area contributed by atoms with E-state index >= 15 is 0 Å². The summed E-state index contributed by atoms with van der Waals surface area (Å²) in [4.78, 5) is 16.1. The zero-order valence-corrected chi connectivity index (χ0v) is 27.0. The molecule has 1 aliphatic heterocycles. The maximum Gasteiger partial charge on any atom is 0.229 e. The second-order valence-corrected chi connectivity index (χ2v) is 12.8. The molecular weight excluding hydrogens is 611 g/mol. The molecule has 46 heavy (non-hydrogen) atoms. The van der Waals surface area contributed by atoms with E-state index in [4.69, 9.17) is 28.3 Å². The third-order valence-electron chi connectivity index (χ3n) is 9.06. The molecule has 230 valence electrons. The fraction of sp³-hybridized carbons (Fsp3) is 0.179. The second kappa shape index (κ2) is 12.8. The summed E-state index contributed by atoms with van der Waals surface area (Å²) in [6.45, 7) is 1.71. The van der Waals surface area contributed by atoms with Crippen LogP contribution in [0.5, 0.6) is 0 Å². The molecule has 0 aliphatic carbocycles. The molecule has 5 aromatic carbocycles. The summed E-state index contributed by atoms with van der Waals surface area (Å²) in [5.74, 6) is 0.358. The molecular formula is C39H34Cl2N4O. The third kappa shape index (κ3) is 5.39. The number of benzene rings is 5. The molecule has 1 amide bonds. The lowest BCUT2D eigenvalue weighted by Gasteiger charge is -2.37. The van der Waals surface area contributed by atoms with E-state index in [0.29, 0.717) is 22.4 Å². The van der Waals surface area contributed by atoms with Gasteiger partial charge in [-0.2, -0.15) is 5.10 Å². The van der Waals surface area contributed by atoms with Crippen molar-refractivity contribution in [3.05, 3.63) is 154 Å². The Hall–Kier alpha value is -4.42. The first-order valence-corrected chi connectivity index (χ1v) is 16.4. The molecule has 0 bridgehead atoms. The molecule has 1 unspecified atom stereocenters. The molecule has 5 nitrogen and oxygen atoms in total. The van der Waals surface area contributed by atoms with E-state index in [2.05, 4.69) is 101 Å². The number of halogens is 2. The molecule has 0 spiro atoms. The van der Waals surface area contributed by atoms with Gasteiger partial charge in [0.25, 0.3) is 0 Å². The second-order valence-electron chi connectivity index (χ2n) is 12.0. The van der Waals surface area contributed by atoms with Gasteiger partial charge in [-0.15, -0.1) is 0 Å². The standard InChI is InChI=1S/C39H34Cl2N4O/c1-44-24-12-13-28(26-44)38(46)42-37-32-25-27(36-33(40)20-11-21-34(36)41)22-23-35(32)45(43-37)39(29-14-5-2-6-15-29,30-16-7-3-8-17-30)31-18-9-4-10-19-31/h2-11,14-23,25,28H,12-13,24,26H2,1H3,(H,42,43,46). The lowest BCUT2D eigenvalue weighted by molar-refractivity contribution is -0.121. The molecule has 6 aromatic rings. The summed E-state index contributed by atoms with van der Waals surface area (Å²) in [5, 5.41) is 10.5. The molecule has 1 aliphatic rings. The van der Waals surface area contributed by atoms with Gasteiger partial charge in [0.05, 0.1) is 11.4 Å². The molecule has 1 fully saturated rings. The number of likely N-dealkylation sites (tertiary alicyclic amines) is 1. The van der Waals surface area contributed by atoms with Crippen LogP contribution in [0.1, 0.15) is 29.5 Å². The number of rotatable bonds is 7. The van der Waals surface area contributed by atoms with Gasteiger partial charge >= 0.3 is 0 Å². The zero-order chi connectivity index (χ0) is 31.7. The van der Waals surface area contributed by atoms with E-state index in [0.717, 1.165) is 58.1 Å². The summed E-state index contributed by atoms with van der Waals surface area (Å²) in [5.41, 5.74) is 4.72. The Morgan fingerprint density at radius 2 is 1.35 bits per heavy atom. The van der Waals surface area contributed by atoms with Crippen molar-refractivity contribution >= 4 is 45.8 Å². The Morgan fingerprint density at radius 1 is 0.783 bits per heavy atom. The Balaban J connectivity index is 1.52. The number of hydrogen-bond acceptors (Lipinski definition) is 3. The van der Waals surface area contributed by atoms with E-state index in [-0.39, 0.29) is 11.8 Å². The summed E-state index contributed by atoms with van der Waals surface area (Å²) in [7, 11) is 2.07. The molecule has 1 N–H and O–H groups in total. The minimum absolute atomic E-state index is 0.0241. The van der Waals surface area contributed by atoms with Crippen LogP contribution in [0.15, 0.2) is 127 Å². The van der Waals surface area contributed by atoms with Gasteiger partial charge in [-0.3, -0.25) is 4.79 Å². The number of hydrogen-bond donors (Lipinski definition) is 1. The van der Waals surface area contributed by atoms with Crippen molar-refractivity contribution in [2.45, 2.75) is 18.4 Å². The van der Waals surface area contributed by atoms with Crippen molar-refractivity contribution < 1.29 is 4.79 Å². The zero-order valence-electron chi connectivity index (χ0n) is 25.5. The number of amides is 1. The number of nitrogens with zero attached hydrogens (tertiary/aromatic N) is 3. The van der Waals surface area contributed by atoms with Crippen LogP contribution in [-0.2, 0) is 10.3 Å². The highest BCUT2D eigenvalue weighted by Crippen LogP contribution is 2.45. The normalized spacial score (nSPS) is 15.6. The molecule has 7 heteroatoms. The third-order valence-corrected chi connectivity index (χ3v) is 9.69. The Bertz CT molecular complexity index is 1880. The molecule has 7 rings (SSSR count). The van der Waals surface area contributed by atoms with Crippen molar-refractivity contribution in [2.75, 3.05) is 25.5 Å². The average molecular weight is 646 g/mol. The Morgan fingerprint density at radius 3 is 1.89 bits per heavy atom. The van der Waals surface area contributed by atoms with Crippen LogP contribution in [0, 0.1) is 5.92 Å². The van der Waals surface area contributed by atoms with E-state index in [1.165, 1.54) is 0 Å². The number of anilines is 1. The Labute approximate surface area is 279 Å². The quantitative estimate of drug-likeness (QED) is 0.176. The summed E-state index contributed by atoms with van der Waals surface area (Å²) in [6, 6.07) is 42.9. The Kier molecular flexibility index (Phi) is 8.39. The lowest BCUT2D eigenvalue weighted by atomic mass is 9.77. The number of nitrogens with one attached hydrogen (secondary N) is 1. The predicted molar refractivity (Wildman–Crippen MR) is 189 cm³/mol. The van der Waals surface area contributed by atoms with E-state index in [1.807, 2.05) is 48.5 Å². The van der Waals surface area contributed by atoms with Crippen molar-refractivity contribution in [3.8, 4) is 11.1 Å². The van der Waals surface area contributed by atoms with Gasteiger partial charge in [-0.1, -0.05) is 126 Å². The van der Waals surface area contributed by atoms with Gasteiger partial charge in [0.1, 0.15) is 5.54 Å². The highest BCUT2D eigenvalue weighted by atomic mass is 35.5. The highest BCUT2D eigenvalue weighted by molar-refractivity contribution is 6.39. The van der Waals surface area contributed by atoms with Crippen LogP contribution in [0.4, 0.5) is 5.82 Å². The van der Waals surface area contributed by atoms with Crippen LogP contribution in [-0.4, -0.2) is 40.7 Å². The van der Waals surface area contributed by atoms with Crippen molar-refractivity contribution in [1.29, 1.82) is 0 Å². The van der Waals surface area contributed by atoms with Crippen LogP contribution >= 0.6 is 23.2 Å². The number of piperidine rings is 1. The fourth-order valence-corrected chi connectivity index (χ4v) is 7.52. The van der Waals surface area contributed by atoms with E-state index in [9.17, 15) is 4.79 Å². The van der Waals surface area contributed by atoms with Crippen molar-refractivity contribution in [1.82, 2.24) is 14.7 Å². The SMILES string of the molecule is CN1CCCC(C(=O)Nc2nn(C(c3ccccc3)(c3ccccc3)c3ccccc3)c3ccc(-c4c(Cl)cccc4Cl)cc23)C1. The summed E-state index contributed by atoms with van der Waals surface area (Å²) >= 11 is 13.4. The van der Waals surface area contributed by atoms with E-state index in [1.54, 1.807) is 0 Å². The molecule has 1 aromatic heterocycles. The van der Waals surface area contributed by atoms with Crippen LogP contribution in [0.2, 0.25) is 10.0 Å². The van der Waals surface area contributed by atoms with Crippen molar-refractivity contribution in [2.24, 2.45) is 5.92 Å². The fourth-order valence-electron chi connectivity index (χ4n) is 6.90. The minimum atomic E-state index is -0.861. The maximum absolute atomic E-state index is 13.9. The largest absolute Gasteiger partial charge is 0.308 e. The summed E-state index contributed by atoms with van der Waals surface area (Å²) in [6.07, 6.45) is 1.83. The first kappa shape index (κ1) is 30.2. The topological polar surface area (TPSA) is 50.2 Å². The molecule has 0 radical (unpaired) electrons. The van der Waals surface area contributed by atoms with Gasteiger partial charge in [0.2, 0.25) is 5.91 Å². The molecule has 1 saturated heterocycles. The van der Waals surface area contributed by atoms with Crippen molar-refractivity contribution in [3.63, 3.8) is 0 Å². The van der Waals surface area contributed by atoms with Crippen LogP contribution < -0.4 is 5.32 Å². The first-order valence-electron chi connectivity index (χ1n) is 15.6. The lowest BCUT2D eigenvalue weighted by Crippen LogP contribution is -2.39. The van der Waals surface area contributed by atoms with Crippen LogP contribution in [0.25, 0.3) is 22.0 Å². The highest BCUT2D eigenvalue weighted by Gasteiger charge is 2.41. The monoisotopic (exact) mass is 644 g/mol. The minimum Gasteiger partial charge on any atom is -0.308 e. The number of carbonyl (C=O) groups is 1. The molecule has 2 heterocycles. The summed E-state index contributed by atoms with van der Waals surface area (Å²) < 4.78 is 2.07. The molecule has 1 atom stereocenters. The van der Waals surface area contributed by atoms with Gasteiger partial charge in [0, 0.05) is 27.5 Å². The smallest absolute Gasteiger partial charge is 0.229 e.